The molecule has 0 aliphatic heterocycles. The number of ether oxygens (including phenoxy) is 1. The van der Waals surface area contributed by atoms with E-state index in [1.54, 1.807) is 0 Å². The summed E-state index contributed by atoms with van der Waals surface area (Å²) in [7, 11) is 1.19. The summed E-state index contributed by atoms with van der Waals surface area (Å²) in [6, 6.07) is 5.65. The molecule has 1 N–H and O–H groups in total. The molecule has 0 saturated heterocycles. The van der Waals surface area contributed by atoms with E-state index in [0.29, 0.717) is 0 Å². The SMILES string of the molecule is COC(=O)C(Cc1ccc(C)c(C)c1)C(=O)O. The third-order valence-electron chi connectivity index (χ3n) is 2.79. The number of hydrogen-bond acceptors (Lipinski definition) is 3. The lowest BCUT2D eigenvalue weighted by molar-refractivity contribution is -0.156. The lowest BCUT2D eigenvalue weighted by Gasteiger charge is -2.11. The van der Waals surface area contributed by atoms with Crippen LogP contribution in [0.15, 0.2) is 18.2 Å². The van der Waals surface area contributed by atoms with Gasteiger partial charge in [-0.05, 0) is 37.0 Å². The Balaban J connectivity index is 2.90. The summed E-state index contributed by atoms with van der Waals surface area (Å²) < 4.78 is 4.48. The van der Waals surface area contributed by atoms with Gasteiger partial charge in [-0.25, -0.2) is 0 Å². The molecule has 1 rings (SSSR count). The Morgan fingerprint density at radius 2 is 1.94 bits per heavy atom. The molecule has 1 atom stereocenters. The van der Waals surface area contributed by atoms with Crippen LogP contribution in [0.2, 0.25) is 0 Å². The van der Waals surface area contributed by atoms with Crippen molar-refractivity contribution in [2.24, 2.45) is 5.92 Å². The van der Waals surface area contributed by atoms with Gasteiger partial charge in [0.15, 0.2) is 5.92 Å². The average molecular weight is 236 g/mol. The van der Waals surface area contributed by atoms with E-state index in [0.717, 1.165) is 16.7 Å². The summed E-state index contributed by atoms with van der Waals surface area (Å²) in [4.78, 5) is 22.3. The number of aryl methyl sites for hydroxylation is 2. The zero-order chi connectivity index (χ0) is 13.0. The number of hydrogen-bond donors (Lipinski definition) is 1. The third kappa shape index (κ3) is 3.31. The van der Waals surface area contributed by atoms with Gasteiger partial charge in [0.1, 0.15) is 0 Å². The van der Waals surface area contributed by atoms with E-state index in [9.17, 15) is 9.59 Å². The summed E-state index contributed by atoms with van der Waals surface area (Å²) >= 11 is 0. The highest BCUT2D eigenvalue weighted by Crippen LogP contribution is 2.15. The van der Waals surface area contributed by atoms with Crippen LogP contribution in [0.25, 0.3) is 0 Å². The van der Waals surface area contributed by atoms with Gasteiger partial charge in [0, 0.05) is 0 Å². The second-order valence-electron chi connectivity index (χ2n) is 4.04. The van der Waals surface area contributed by atoms with Gasteiger partial charge in [-0.15, -0.1) is 0 Å². The Kier molecular flexibility index (Phi) is 4.26. The Morgan fingerprint density at radius 3 is 2.41 bits per heavy atom. The van der Waals surface area contributed by atoms with Gasteiger partial charge in [-0.2, -0.15) is 0 Å². The minimum atomic E-state index is -1.16. The van der Waals surface area contributed by atoms with Crippen molar-refractivity contribution in [3.05, 3.63) is 34.9 Å². The molecule has 0 heterocycles. The van der Waals surface area contributed by atoms with Crippen LogP contribution in [0.3, 0.4) is 0 Å². The fourth-order valence-electron chi connectivity index (χ4n) is 1.58. The van der Waals surface area contributed by atoms with E-state index in [4.69, 9.17) is 5.11 Å². The summed E-state index contributed by atoms with van der Waals surface area (Å²) in [6.07, 6.45) is 0.156. The van der Waals surface area contributed by atoms with E-state index < -0.39 is 17.9 Å². The molecular formula is C13H16O4. The van der Waals surface area contributed by atoms with Gasteiger partial charge in [0.05, 0.1) is 7.11 Å². The molecule has 0 aliphatic carbocycles. The molecule has 1 aromatic carbocycles. The molecule has 0 aromatic heterocycles. The summed E-state index contributed by atoms with van der Waals surface area (Å²) in [5, 5.41) is 8.96. The predicted octanol–water partition coefficient (Wildman–Crippen LogP) is 1.72. The number of carboxylic acid groups (broad SMARTS) is 1. The third-order valence-corrected chi connectivity index (χ3v) is 2.79. The second-order valence-corrected chi connectivity index (χ2v) is 4.04. The average Bonchev–Trinajstić information content (AvgIpc) is 2.29. The van der Waals surface area contributed by atoms with Crippen LogP contribution >= 0.6 is 0 Å². The molecule has 17 heavy (non-hydrogen) atoms. The van der Waals surface area contributed by atoms with Crippen LogP contribution in [0.4, 0.5) is 0 Å². The fourth-order valence-corrected chi connectivity index (χ4v) is 1.58. The molecule has 0 bridgehead atoms. The van der Waals surface area contributed by atoms with Crippen molar-refractivity contribution in [1.29, 1.82) is 0 Å². The summed E-state index contributed by atoms with van der Waals surface area (Å²) in [5.41, 5.74) is 3.04. The van der Waals surface area contributed by atoms with Crippen molar-refractivity contribution in [2.45, 2.75) is 20.3 Å². The summed E-state index contributed by atoms with van der Waals surface area (Å²) in [6.45, 7) is 3.93. The van der Waals surface area contributed by atoms with Crippen LogP contribution in [0.1, 0.15) is 16.7 Å². The predicted molar refractivity (Wildman–Crippen MR) is 62.8 cm³/mol. The van der Waals surface area contributed by atoms with Crippen LogP contribution in [0.5, 0.6) is 0 Å². The van der Waals surface area contributed by atoms with Gasteiger partial charge in [0.25, 0.3) is 0 Å². The molecule has 4 heteroatoms. The first kappa shape index (κ1) is 13.2. The molecular weight excluding hydrogens is 220 g/mol. The van der Waals surface area contributed by atoms with Crippen molar-refractivity contribution in [3.63, 3.8) is 0 Å². The maximum absolute atomic E-state index is 11.3. The zero-order valence-corrected chi connectivity index (χ0v) is 10.2. The van der Waals surface area contributed by atoms with Gasteiger partial charge in [0.2, 0.25) is 0 Å². The molecule has 0 spiro atoms. The van der Waals surface area contributed by atoms with Crippen molar-refractivity contribution in [3.8, 4) is 0 Å². The maximum Gasteiger partial charge on any atom is 0.320 e. The number of methoxy groups -OCH3 is 1. The van der Waals surface area contributed by atoms with Crippen molar-refractivity contribution in [2.75, 3.05) is 7.11 Å². The quantitative estimate of drug-likeness (QED) is 0.638. The molecule has 0 fully saturated rings. The second kappa shape index (κ2) is 5.48. The van der Waals surface area contributed by atoms with E-state index >= 15 is 0 Å². The zero-order valence-electron chi connectivity index (χ0n) is 10.2. The van der Waals surface area contributed by atoms with Crippen molar-refractivity contribution >= 4 is 11.9 Å². The monoisotopic (exact) mass is 236 g/mol. The number of esters is 1. The van der Waals surface area contributed by atoms with Gasteiger partial charge in [-0.1, -0.05) is 18.2 Å². The molecule has 0 aliphatic rings. The first-order chi connectivity index (χ1) is 7.95. The Hall–Kier alpha value is -1.84. The van der Waals surface area contributed by atoms with Crippen molar-refractivity contribution < 1.29 is 19.4 Å². The van der Waals surface area contributed by atoms with Gasteiger partial charge in [-0.3, -0.25) is 9.59 Å². The largest absolute Gasteiger partial charge is 0.481 e. The highest BCUT2D eigenvalue weighted by molar-refractivity contribution is 5.94. The number of carbonyl (C=O) groups excluding carboxylic acids is 1. The molecule has 1 unspecified atom stereocenters. The lowest BCUT2D eigenvalue weighted by Crippen LogP contribution is -2.27. The fraction of sp³-hybridized carbons (Fsp3) is 0.385. The normalized spacial score (nSPS) is 11.9. The molecule has 0 amide bonds. The maximum atomic E-state index is 11.3. The number of carboxylic acids is 1. The first-order valence-corrected chi connectivity index (χ1v) is 5.32. The molecule has 0 radical (unpaired) electrons. The Labute approximate surface area is 100 Å². The van der Waals surface area contributed by atoms with E-state index in [1.807, 2.05) is 32.0 Å². The molecule has 1 aromatic rings. The van der Waals surface area contributed by atoms with Gasteiger partial charge >= 0.3 is 11.9 Å². The number of carbonyl (C=O) groups is 2. The minimum absolute atomic E-state index is 0.156. The van der Waals surface area contributed by atoms with Crippen molar-refractivity contribution in [1.82, 2.24) is 0 Å². The first-order valence-electron chi connectivity index (χ1n) is 5.32. The summed E-state index contributed by atoms with van der Waals surface area (Å²) in [5.74, 6) is -3.01. The van der Waals surface area contributed by atoms with Crippen LogP contribution in [0, 0.1) is 19.8 Å². The smallest absolute Gasteiger partial charge is 0.320 e. The van der Waals surface area contributed by atoms with E-state index in [1.165, 1.54) is 7.11 Å². The number of aliphatic carboxylic acids is 1. The topological polar surface area (TPSA) is 63.6 Å². The Morgan fingerprint density at radius 1 is 1.29 bits per heavy atom. The highest BCUT2D eigenvalue weighted by atomic mass is 16.5. The highest BCUT2D eigenvalue weighted by Gasteiger charge is 2.27. The molecule has 92 valence electrons. The molecule has 4 nitrogen and oxygen atoms in total. The Bertz CT molecular complexity index is 437. The van der Waals surface area contributed by atoms with Crippen LogP contribution < -0.4 is 0 Å². The standard InChI is InChI=1S/C13H16O4/c1-8-4-5-10(6-9(8)2)7-11(12(14)15)13(16)17-3/h4-6,11H,7H2,1-3H3,(H,14,15). The van der Waals surface area contributed by atoms with Gasteiger partial charge < -0.3 is 9.84 Å². The van der Waals surface area contributed by atoms with E-state index in [-0.39, 0.29) is 6.42 Å². The lowest BCUT2D eigenvalue weighted by atomic mass is 9.97. The van der Waals surface area contributed by atoms with Crippen LogP contribution in [-0.4, -0.2) is 24.2 Å². The molecule has 0 saturated carbocycles. The van der Waals surface area contributed by atoms with Crippen LogP contribution in [-0.2, 0) is 20.7 Å². The minimum Gasteiger partial charge on any atom is -0.481 e. The number of benzene rings is 1. The number of rotatable bonds is 4. The van der Waals surface area contributed by atoms with E-state index in [2.05, 4.69) is 4.74 Å².